The van der Waals surface area contributed by atoms with Crippen LogP contribution in [0.5, 0.6) is 0 Å². The molecule has 1 heterocycles. The fraction of sp³-hybridized carbons (Fsp3) is 0.889. The van der Waals surface area contributed by atoms with E-state index in [1.807, 2.05) is 0 Å². The zero-order valence-corrected chi connectivity index (χ0v) is 8.14. The Balaban J connectivity index is 2.06. The van der Waals surface area contributed by atoms with Crippen molar-refractivity contribution in [2.45, 2.75) is 12.8 Å². The number of nitrogens with one attached hydrogen (secondary N) is 2. The molecule has 1 aliphatic rings. The monoisotopic (exact) mass is 186 g/mol. The van der Waals surface area contributed by atoms with E-state index < -0.39 is 0 Å². The molecular weight excluding hydrogens is 168 g/mol. The number of likely N-dealkylation sites (N-methyl/N-ethyl adjacent to an activating group) is 1. The van der Waals surface area contributed by atoms with Gasteiger partial charge in [0, 0.05) is 19.8 Å². The van der Waals surface area contributed by atoms with Crippen LogP contribution in [0.25, 0.3) is 0 Å². The molecule has 2 N–H and O–H groups in total. The molecule has 4 nitrogen and oxygen atoms in total. The second-order valence-corrected chi connectivity index (χ2v) is 3.39. The van der Waals surface area contributed by atoms with Gasteiger partial charge in [0.15, 0.2) is 0 Å². The van der Waals surface area contributed by atoms with Gasteiger partial charge in [-0.2, -0.15) is 0 Å². The molecule has 1 saturated heterocycles. The molecule has 4 heteroatoms. The van der Waals surface area contributed by atoms with Gasteiger partial charge in [0.25, 0.3) is 0 Å². The third kappa shape index (κ3) is 4.24. The van der Waals surface area contributed by atoms with Crippen molar-refractivity contribution in [2.75, 3.05) is 33.4 Å². The second kappa shape index (κ2) is 5.94. The number of amides is 1. The zero-order chi connectivity index (χ0) is 9.52. The van der Waals surface area contributed by atoms with Crippen molar-refractivity contribution in [3.8, 4) is 0 Å². The fourth-order valence-electron chi connectivity index (χ4n) is 1.43. The van der Waals surface area contributed by atoms with Gasteiger partial charge in [0.1, 0.15) is 0 Å². The number of hydrogen-bond donors (Lipinski definition) is 2. The number of carbonyl (C=O) groups excluding carboxylic acids is 1. The molecule has 0 bridgehead atoms. The third-order valence-electron chi connectivity index (χ3n) is 2.27. The van der Waals surface area contributed by atoms with Crippen LogP contribution < -0.4 is 10.6 Å². The summed E-state index contributed by atoms with van der Waals surface area (Å²) in [5.74, 6) is 0.684. The van der Waals surface area contributed by atoms with Gasteiger partial charge in [-0.1, -0.05) is 0 Å². The summed E-state index contributed by atoms with van der Waals surface area (Å²) in [4.78, 5) is 11.1. The van der Waals surface area contributed by atoms with Crippen LogP contribution in [0.3, 0.4) is 0 Å². The molecule has 0 atom stereocenters. The Bertz CT molecular complexity index is 156. The maximum atomic E-state index is 11.1. The van der Waals surface area contributed by atoms with Gasteiger partial charge in [0.2, 0.25) is 5.91 Å². The number of hydrogen-bond acceptors (Lipinski definition) is 3. The fourth-order valence-corrected chi connectivity index (χ4v) is 1.43. The minimum Gasteiger partial charge on any atom is -0.381 e. The van der Waals surface area contributed by atoms with Crippen molar-refractivity contribution in [3.05, 3.63) is 0 Å². The molecule has 1 aliphatic heterocycles. The van der Waals surface area contributed by atoms with Crippen molar-refractivity contribution in [1.82, 2.24) is 10.6 Å². The van der Waals surface area contributed by atoms with Crippen molar-refractivity contribution in [1.29, 1.82) is 0 Å². The van der Waals surface area contributed by atoms with Gasteiger partial charge in [-0.05, 0) is 25.8 Å². The lowest BCUT2D eigenvalue weighted by Crippen LogP contribution is -2.36. The van der Waals surface area contributed by atoms with Gasteiger partial charge >= 0.3 is 0 Å². The quantitative estimate of drug-likeness (QED) is 0.636. The largest absolute Gasteiger partial charge is 0.381 e. The standard InChI is InChI=1S/C9H18N2O2/c1-10-7-9(12)11-6-8-2-4-13-5-3-8/h8,10H,2-7H2,1H3,(H,11,12). The first kappa shape index (κ1) is 10.5. The average Bonchev–Trinajstić information content (AvgIpc) is 2.17. The first-order valence-electron chi connectivity index (χ1n) is 4.82. The molecule has 1 rings (SSSR count). The van der Waals surface area contributed by atoms with E-state index >= 15 is 0 Å². The lowest BCUT2D eigenvalue weighted by Gasteiger charge is -2.22. The number of carbonyl (C=O) groups is 1. The highest BCUT2D eigenvalue weighted by molar-refractivity contribution is 5.77. The Morgan fingerprint density at radius 2 is 2.15 bits per heavy atom. The van der Waals surface area contributed by atoms with Gasteiger partial charge in [-0.3, -0.25) is 4.79 Å². The first-order chi connectivity index (χ1) is 6.33. The Labute approximate surface area is 79.0 Å². The van der Waals surface area contributed by atoms with Gasteiger partial charge < -0.3 is 15.4 Å². The topological polar surface area (TPSA) is 50.4 Å². The van der Waals surface area contributed by atoms with E-state index in [2.05, 4.69) is 10.6 Å². The molecular formula is C9H18N2O2. The van der Waals surface area contributed by atoms with E-state index in [9.17, 15) is 4.79 Å². The van der Waals surface area contributed by atoms with Gasteiger partial charge in [-0.25, -0.2) is 0 Å². The summed E-state index contributed by atoms with van der Waals surface area (Å²) in [5, 5.41) is 5.71. The second-order valence-electron chi connectivity index (χ2n) is 3.39. The third-order valence-corrected chi connectivity index (χ3v) is 2.27. The van der Waals surface area contributed by atoms with E-state index in [1.165, 1.54) is 0 Å². The summed E-state index contributed by atoms with van der Waals surface area (Å²) in [7, 11) is 1.77. The summed E-state index contributed by atoms with van der Waals surface area (Å²) in [6, 6.07) is 0. The van der Waals surface area contributed by atoms with E-state index in [4.69, 9.17) is 4.74 Å². The van der Waals surface area contributed by atoms with Crippen LogP contribution >= 0.6 is 0 Å². The van der Waals surface area contributed by atoms with Gasteiger partial charge in [-0.15, -0.1) is 0 Å². The minimum atomic E-state index is 0.0778. The SMILES string of the molecule is CNCC(=O)NCC1CCOCC1. The normalized spacial score (nSPS) is 18.5. The minimum absolute atomic E-state index is 0.0778. The lowest BCUT2D eigenvalue weighted by atomic mass is 10.0. The number of ether oxygens (including phenoxy) is 1. The molecule has 0 aromatic rings. The highest BCUT2D eigenvalue weighted by Crippen LogP contribution is 2.12. The van der Waals surface area contributed by atoms with Crippen LogP contribution in [0.1, 0.15) is 12.8 Å². The Morgan fingerprint density at radius 3 is 2.77 bits per heavy atom. The van der Waals surface area contributed by atoms with Crippen LogP contribution in [0.2, 0.25) is 0 Å². The molecule has 0 aliphatic carbocycles. The van der Waals surface area contributed by atoms with E-state index in [0.29, 0.717) is 12.5 Å². The zero-order valence-electron chi connectivity index (χ0n) is 8.14. The molecule has 0 aromatic heterocycles. The summed E-state index contributed by atoms with van der Waals surface area (Å²) in [5.41, 5.74) is 0. The van der Waals surface area contributed by atoms with Crippen molar-refractivity contribution >= 4 is 5.91 Å². The molecule has 1 fully saturated rings. The molecule has 0 aromatic carbocycles. The van der Waals surface area contributed by atoms with Crippen molar-refractivity contribution < 1.29 is 9.53 Å². The van der Waals surface area contributed by atoms with Crippen LogP contribution in [-0.2, 0) is 9.53 Å². The molecule has 1 amide bonds. The predicted molar refractivity (Wildman–Crippen MR) is 50.5 cm³/mol. The molecule has 0 radical (unpaired) electrons. The summed E-state index contributed by atoms with van der Waals surface area (Å²) >= 11 is 0. The van der Waals surface area contributed by atoms with Crippen LogP contribution in [0.15, 0.2) is 0 Å². The van der Waals surface area contributed by atoms with Crippen LogP contribution in [0.4, 0.5) is 0 Å². The Hall–Kier alpha value is -0.610. The summed E-state index contributed by atoms with van der Waals surface area (Å²) < 4.78 is 5.23. The van der Waals surface area contributed by atoms with Gasteiger partial charge in [0.05, 0.1) is 6.54 Å². The maximum absolute atomic E-state index is 11.1. The highest BCUT2D eigenvalue weighted by Gasteiger charge is 2.13. The Morgan fingerprint density at radius 1 is 1.46 bits per heavy atom. The smallest absolute Gasteiger partial charge is 0.233 e. The first-order valence-corrected chi connectivity index (χ1v) is 4.82. The van der Waals surface area contributed by atoms with E-state index in [-0.39, 0.29) is 5.91 Å². The highest BCUT2D eigenvalue weighted by atomic mass is 16.5. The van der Waals surface area contributed by atoms with E-state index in [0.717, 1.165) is 32.6 Å². The Kier molecular flexibility index (Phi) is 4.78. The van der Waals surface area contributed by atoms with Crippen molar-refractivity contribution in [2.24, 2.45) is 5.92 Å². The molecule has 76 valence electrons. The number of rotatable bonds is 4. The molecule has 13 heavy (non-hydrogen) atoms. The average molecular weight is 186 g/mol. The summed E-state index contributed by atoms with van der Waals surface area (Å²) in [6.07, 6.45) is 2.14. The summed E-state index contributed by atoms with van der Waals surface area (Å²) in [6.45, 7) is 2.88. The van der Waals surface area contributed by atoms with E-state index in [1.54, 1.807) is 7.05 Å². The predicted octanol–water partition coefficient (Wildman–Crippen LogP) is -0.251. The molecule has 0 unspecified atom stereocenters. The lowest BCUT2D eigenvalue weighted by molar-refractivity contribution is -0.120. The van der Waals surface area contributed by atoms with Crippen LogP contribution in [-0.4, -0.2) is 39.3 Å². The molecule has 0 saturated carbocycles. The van der Waals surface area contributed by atoms with Crippen molar-refractivity contribution in [3.63, 3.8) is 0 Å². The van der Waals surface area contributed by atoms with Crippen LogP contribution in [0, 0.1) is 5.92 Å². The maximum Gasteiger partial charge on any atom is 0.233 e. The molecule has 0 spiro atoms.